The smallest absolute Gasteiger partial charge is 0.0503 e. The Morgan fingerprint density at radius 2 is 2.40 bits per heavy atom. The van der Waals surface area contributed by atoms with Crippen LogP contribution in [0.5, 0.6) is 0 Å². The van der Waals surface area contributed by atoms with Crippen LogP contribution in [0.3, 0.4) is 0 Å². The van der Waals surface area contributed by atoms with Gasteiger partial charge >= 0.3 is 0 Å². The van der Waals surface area contributed by atoms with E-state index >= 15 is 0 Å². The van der Waals surface area contributed by atoms with E-state index in [1.807, 2.05) is 6.07 Å². The van der Waals surface area contributed by atoms with E-state index < -0.39 is 0 Å². The number of hydrogen-bond donors (Lipinski definition) is 1. The lowest BCUT2D eigenvalue weighted by Crippen LogP contribution is -1.91. The van der Waals surface area contributed by atoms with Gasteiger partial charge in [0.15, 0.2) is 0 Å². The molecule has 1 aliphatic rings. The molecule has 0 aromatic carbocycles. The molecule has 2 rings (SSSR count). The highest BCUT2D eigenvalue weighted by Gasteiger charge is 2.10. The monoisotopic (exact) mass is 136 g/mol. The molecule has 1 aromatic heterocycles. The fourth-order valence-electron chi connectivity index (χ4n) is 1.44. The molecule has 0 fully saturated rings. The van der Waals surface area contributed by atoms with Gasteiger partial charge in [0.1, 0.15) is 0 Å². The van der Waals surface area contributed by atoms with Crippen molar-refractivity contribution in [3.63, 3.8) is 0 Å². The molecule has 0 spiro atoms. The fourth-order valence-corrected chi connectivity index (χ4v) is 1.44. The number of nitrogens with two attached hydrogens (primary N) is 1. The SMILES string of the molecule is Nc1cnc2c(c1)CCC2.[HH]. The first-order valence-electron chi connectivity index (χ1n) is 3.59. The van der Waals surface area contributed by atoms with Crippen molar-refractivity contribution < 1.29 is 1.43 Å². The zero-order valence-electron chi connectivity index (χ0n) is 5.80. The van der Waals surface area contributed by atoms with Crippen LogP contribution in [0.4, 0.5) is 5.69 Å². The van der Waals surface area contributed by atoms with Crippen LogP contribution < -0.4 is 5.73 Å². The zero-order chi connectivity index (χ0) is 6.97. The van der Waals surface area contributed by atoms with Gasteiger partial charge in [-0.25, -0.2) is 0 Å². The van der Waals surface area contributed by atoms with E-state index in [4.69, 9.17) is 5.73 Å². The fraction of sp³-hybridized carbons (Fsp3) is 0.375. The number of hydrogen-bond acceptors (Lipinski definition) is 2. The van der Waals surface area contributed by atoms with Gasteiger partial charge < -0.3 is 5.73 Å². The van der Waals surface area contributed by atoms with Crippen molar-refractivity contribution in [3.8, 4) is 0 Å². The third kappa shape index (κ3) is 0.764. The molecule has 1 heterocycles. The standard InChI is InChI=1S/C8H10N2.H2/c9-7-4-6-2-1-3-8(6)10-5-7;/h4-5H,1-3,9H2;1H. The second-order valence-electron chi connectivity index (χ2n) is 2.73. The predicted octanol–water partition coefficient (Wildman–Crippen LogP) is 1.40. The summed E-state index contributed by atoms with van der Waals surface area (Å²) >= 11 is 0. The molecule has 0 atom stereocenters. The van der Waals surface area contributed by atoms with Gasteiger partial charge in [0, 0.05) is 7.12 Å². The minimum atomic E-state index is 0. The minimum absolute atomic E-state index is 0. The van der Waals surface area contributed by atoms with E-state index in [1.165, 1.54) is 17.7 Å². The first-order valence-corrected chi connectivity index (χ1v) is 3.59. The molecular formula is C8H12N2. The summed E-state index contributed by atoms with van der Waals surface area (Å²) in [5.74, 6) is 0. The van der Waals surface area contributed by atoms with Crippen LogP contribution >= 0.6 is 0 Å². The Balaban J connectivity index is 0.000000605. The number of aromatic nitrogens is 1. The topological polar surface area (TPSA) is 38.9 Å². The maximum absolute atomic E-state index is 5.57. The molecule has 0 unspecified atom stereocenters. The average molecular weight is 136 g/mol. The average Bonchev–Trinajstić information content (AvgIpc) is 2.33. The Hall–Kier alpha value is -1.05. The molecule has 0 saturated heterocycles. The third-order valence-electron chi connectivity index (χ3n) is 1.94. The summed E-state index contributed by atoms with van der Waals surface area (Å²) in [6, 6.07) is 2.04. The molecule has 54 valence electrons. The van der Waals surface area contributed by atoms with Gasteiger partial charge in [-0.05, 0) is 30.9 Å². The van der Waals surface area contributed by atoms with Crippen molar-refractivity contribution in [1.82, 2.24) is 4.98 Å². The van der Waals surface area contributed by atoms with Crippen LogP contribution in [0.15, 0.2) is 12.3 Å². The number of anilines is 1. The normalized spacial score (nSPS) is 15.2. The summed E-state index contributed by atoms with van der Waals surface area (Å²) in [4.78, 5) is 4.23. The molecule has 0 amide bonds. The number of nitrogen functional groups attached to an aromatic ring is 1. The van der Waals surface area contributed by atoms with E-state index in [0.717, 1.165) is 18.5 Å². The highest BCUT2D eigenvalue weighted by Crippen LogP contribution is 2.20. The van der Waals surface area contributed by atoms with Crippen LogP contribution in [0.2, 0.25) is 0 Å². The van der Waals surface area contributed by atoms with Gasteiger partial charge in [-0.2, -0.15) is 0 Å². The first kappa shape index (κ1) is 5.71. The minimum Gasteiger partial charge on any atom is -0.397 e. The predicted molar refractivity (Wildman–Crippen MR) is 42.8 cm³/mol. The van der Waals surface area contributed by atoms with Gasteiger partial charge in [0.2, 0.25) is 0 Å². The number of nitrogens with zero attached hydrogens (tertiary/aromatic N) is 1. The van der Waals surface area contributed by atoms with Gasteiger partial charge in [-0.3, -0.25) is 4.98 Å². The number of aryl methyl sites for hydroxylation is 2. The Kier molecular flexibility index (Phi) is 1.13. The van der Waals surface area contributed by atoms with Crippen molar-refractivity contribution in [3.05, 3.63) is 23.5 Å². The molecule has 0 saturated carbocycles. The third-order valence-corrected chi connectivity index (χ3v) is 1.94. The second kappa shape index (κ2) is 1.97. The van der Waals surface area contributed by atoms with Crippen LogP contribution in [0.1, 0.15) is 19.1 Å². The summed E-state index contributed by atoms with van der Waals surface area (Å²) in [5.41, 5.74) is 8.95. The van der Waals surface area contributed by atoms with Crippen molar-refractivity contribution in [2.24, 2.45) is 0 Å². The number of fused-ring (bicyclic) bond motifs is 1. The lowest BCUT2D eigenvalue weighted by atomic mass is 10.2. The molecule has 1 aliphatic carbocycles. The summed E-state index contributed by atoms with van der Waals surface area (Å²) in [6.45, 7) is 0. The molecule has 10 heavy (non-hydrogen) atoms. The number of rotatable bonds is 0. The molecule has 0 radical (unpaired) electrons. The first-order chi connectivity index (χ1) is 4.86. The van der Waals surface area contributed by atoms with Crippen LogP contribution in [0.25, 0.3) is 0 Å². The van der Waals surface area contributed by atoms with Gasteiger partial charge in [-0.1, -0.05) is 0 Å². The van der Waals surface area contributed by atoms with E-state index in [-0.39, 0.29) is 1.43 Å². The van der Waals surface area contributed by atoms with Crippen molar-refractivity contribution >= 4 is 5.69 Å². The molecule has 2 nitrogen and oxygen atoms in total. The molecule has 1 aromatic rings. The van der Waals surface area contributed by atoms with Crippen molar-refractivity contribution in [2.75, 3.05) is 5.73 Å². The molecule has 2 N–H and O–H groups in total. The summed E-state index contributed by atoms with van der Waals surface area (Å²) in [5, 5.41) is 0. The summed E-state index contributed by atoms with van der Waals surface area (Å²) in [6.07, 6.45) is 5.28. The summed E-state index contributed by atoms with van der Waals surface area (Å²) in [7, 11) is 0. The quantitative estimate of drug-likeness (QED) is 0.585. The van der Waals surface area contributed by atoms with Gasteiger partial charge in [-0.15, -0.1) is 0 Å². The lowest BCUT2D eigenvalue weighted by molar-refractivity contribution is 0.899. The maximum Gasteiger partial charge on any atom is 0.0503 e. The Labute approximate surface area is 61.6 Å². The van der Waals surface area contributed by atoms with E-state index in [1.54, 1.807) is 6.20 Å². The van der Waals surface area contributed by atoms with E-state index in [2.05, 4.69) is 4.98 Å². The van der Waals surface area contributed by atoms with Gasteiger partial charge in [0.25, 0.3) is 0 Å². The maximum atomic E-state index is 5.57. The molecule has 0 aliphatic heterocycles. The molecule has 2 heteroatoms. The summed E-state index contributed by atoms with van der Waals surface area (Å²) < 4.78 is 0. The largest absolute Gasteiger partial charge is 0.397 e. The van der Waals surface area contributed by atoms with Gasteiger partial charge in [0.05, 0.1) is 11.9 Å². The second-order valence-corrected chi connectivity index (χ2v) is 2.73. The van der Waals surface area contributed by atoms with Crippen molar-refractivity contribution in [1.29, 1.82) is 0 Å². The van der Waals surface area contributed by atoms with Crippen LogP contribution in [-0.2, 0) is 12.8 Å². The van der Waals surface area contributed by atoms with E-state index in [0.29, 0.717) is 0 Å². The van der Waals surface area contributed by atoms with Crippen LogP contribution in [0, 0.1) is 0 Å². The lowest BCUT2D eigenvalue weighted by Gasteiger charge is -1.97. The Bertz CT molecular complexity index is 260. The zero-order valence-corrected chi connectivity index (χ0v) is 5.80. The van der Waals surface area contributed by atoms with Crippen LogP contribution in [-0.4, -0.2) is 4.98 Å². The Morgan fingerprint density at radius 1 is 1.50 bits per heavy atom. The highest BCUT2D eigenvalue weighted by molar-refractivity contribution is 5.41. The molecule has 0 bridgehead atoms. The number of pyridine rings is 1. The highest BCUT2D eigenvalue weighted by atomic mass is 14.7. The van der Waals surface area contributed by atoms with Crippen molar-refractivity contribution in [2.45, 2.75) is 19.3 Å². The Morgan fingerprint density at radius 3 is 3.30 bits per heavy atom. The van der Waals surface area contributed by atoms with E-state index in [9.17, 15) is 0 Å². The molecular weight excluding hydrogens is 124 g/mol.